The quantitative estimate of drug-likeness (QED) is 0.774. The van der Waals surface area contributed by atoms with Crippen LogP contribution >= 0.6 is 0 Å². The van der Waals surface area contributed by atoms with Crippen molar-refractivity contribution < 1.29 is 13.5 Å². The van der Waals surface area contributed by atoms with Gasteiger partial charge in [0.2, 0.25) is 0 Å². The van der Waals surface area contributed by atoms with E-state index in [1.165, 1.54) is 0 Å². The molecule has 0 aromatic heterocycles. The van der Waals surface area contributed by atoms with Crippen LogP contribution in [0.2, 0.25) is 0 Å². The van der Waals surface area contributed by atoms with Crippen molar-refractivity contribution in [2.75, 3.05) is 0 Å². The average Bonchev–Trinajstić information content (AvgIpc) is 2.38. The van der Waals surface area contributed by atoms with Gasteiger partial charge in [0.15, 0.2) is 0 Å². The molecule has 0 aliphatic rings. The molecule has 0 saturated carbocycles. The predicted octanol–water partition coefficient (Wildman–Crippen LogP) is 4.09. The second kappa shape index (κ2) is 5.55. The molecular formula is C14H12F2O. The van der Waals surface area contributed by atoms with Gasteiger partial charge in [0.05, 0.1) is 6.61 Å². The molecule has 0 unspecified atom stereocenters. The van der Waals surface area contributed by atoms with Crippen LogP contribution in [0.3, 0.4) is 0 Å². The third-order valence-corrected chi connectivity index (χ3v) is 2.44. The van der Waals surface area contributed by atoms with Crippen LogP contribution in [-0.4, -0.2) is 6.61 Å². The van der Waals surface area contributed by atoms with Gasteiger partial charge in [-0.2, -0.15) is 8.78 Å². The summed E-state index contributed by atoms with van der Waals surface area (Å²) in [5.74, 6) is 0. The normalized spacial score (nSPS) is 10.8. The first-order valence-corrected chi connectivity index (χ1v) is 5.30. The summed E-state index contributed by atoms with van der Waals surface area (Å²) in [6, 6.07) is 17.3. The highest BCUT2D eigenvalue weighted by Gasteiger charge is 2.02. The summed E-state index contributed by atoms with van der Waals surface area (Å²) < 4.78 is 27.9. The van der Waals surface area contributed by atoms with Gasteiger partial charge < -0.3 is 4.74 Å². The molecule has 17 heavy (non-hydrogen) atoms. The molecule has 0 atom stereocenters. The molecular weight excluding hydrogens is 222 g/mol. The van der Waals surface area contributed by atoms with E-state index in [0.717, 1.165) is 16.7 Å². The Morgan fingerprint density at radius 2 is 1.41 bits per heavy atom. The third kappa shape index (κ3) is 3.36. The van der Waals surface area contributed by atoms with Crippen molar-refractivity contribution in [1.29, 1.82) is 0 Å². The zero-order chi connectivity index (χ0) is 12.1. The van der Waals surface area contributed by atoms with Crippen LogP contribution in [0.5, 0.6) is 0 Å². The molecule has 2 aromatic carbocycles. The minimum Gasteiger partial charge on any atom is -0.318 e. The van der Waals surface area contributed by atoms with E-state index in [-0.39, 0.29) is 6.61 Å². The van der Waals surface area contributed by atoms with E-state index in [1.807, 2.05) is 42.5 Å². The molecule has 0 heterocycles. The number of rotatable bonds is 4. The van der Waals surface area contributed by atoms with E-state index in [1.54, 1.807) is 12.1 Å². The number of alkyl halides is 2. The van der Waals surface area contributed by atoms with Gasteiger partial charge in [0, 0.05) is 0 Å². The Kier molecular flexibility index (Phi) is 3.83. The van der Waals surface area contributed by atoms with Crippen LogP contribution in [0.4, 0.5) is 8.78 Å². The van der Waals surface area contributed by atoms with Crippen LogP contribution in [-0.2, 0) is 11.3 Å². The fraction of sp³-hybridized carbons (Fsp3) is 0.143. The molecule has 88 valence electrons. The maximum absolute atomic E-state index is 11.8. The lowest BCUT2D eigenvalue weighted by Crippen LogP contribution is -1.98. The number of halogens is 2. The van der Waals surface area contributed by atoms with Crippen LogP contribution in [0.1, 0.15) is 5.56 Å². The highest BCUT2D eigenvalue weighted by atomic mass is 19.3. The lowest BCUT2D eigenvalue weighted by Gasteiger charge is -2.05. The van der Waals surface area contributed by atoms with Gasteiger partial charge in [0.25, 0.3) is 0 Å². The summed E-state index contributed by atoms with van der Waals surface area (Å²) in [4.78, 5) is 0. The molecule has 0 saturated heterocycles. The van der Waals surface area contributed by atoms with E-state index in [9.17, 15) is 8.78 Å². The van der Waals surface area contributed by atoms with Gasteiger partial charge in [0.1, 0.15) is 0 Å². The molecule has 1 nitrogen and oxygen atoms in total. The van der Waals surface area contributed by atoms with Crippen molar-refractivity contribution in [1.82, 2.24) is 0 Å². The van der Waals surface area contributed by atoms with Crippen LogP contribution in [0.15, 0.2) is 54.6 Å². The summed E-state index contributed by atoms with van der Waals surface area (Å²) in [5.41, 5.74) is 2.91. The first-order valence-electron chi connectivity index (χ1n) is 5.30. The van der Waals surface area contributed by atoms with E-state index in [4.69, 9.17) is 0 Å². The monoisotopic (exact) mass is 234 g/mol. The zero-order valence-corrected chi connectivity index (χ0v) is 9.14. The first-order chi connectivity index (χ1) is 8.25. The van der Waals surface area contributed by atoms with Crippen LogP contribution in [0.25, 0.3) is 11.1 Å². The highest BCUT2D eigenvalue weighted by molar-refractivity contribution is 5.63. The fourth-order valence-electron chi connectivity index (χ4n) is 1.58. The minimum atomic E-state index is -2.72. The molecule has 2 aromatic rings. The summed E-state index contributed by atoms with van der Waals surface area (Å²) in [7, 11) is 0. The van der Waals surface area contributed by atoms with Crippen molar-refractivity contribution in [3.05, 3.63) is 60.2 Å². The zero-order valence-electron chi connectivity index (χ0n) is 9.14. The van der Waals surface area contributed by atoms with E-state index in [0.29, 0.717) is 0 Å². The first kappa shape index (κ1) is 11.7. The van der Waals surface area contributed by atoms with E-state index < -0.39 is 6.61 Å². The van der Waals surface area contributed by atoms with Gasteiger partial charge in [-0.05, 0) is 16.7 Å². The molecule has 0 fully saturated rings. The summed E-state index contributed by atoms with van der Waals surface area (Å²) in [5, 5.41) is 0. The van der Waals surface area contributed by atoms with Crippen molar-refractivity contribution >= 4 is 0 Å². The van der Waals surface area contributed by atoms with Crippen LogP contribution < -0.4 is 0 Å². The maximum atomic E-state index is 11.8. The topological polar surface area (TPSA) is 9.23 Å². The molecule has 0 spiro atoms. The lowest BCUT2D eigenvalue weighted by molar-refractivity contribution is -0.137. The molecule has 2 rings (SSSR count). The second-order valence-electron chi connectivity index (χ2n) is 3.63. The molecule has 3 heteroatoms. The number of ether oxygens (including phenoxy) is 1. The molecule has 0 N–H and O–H groups in total. The molecule has 0 bridgehead atoms. The fourth-order valence-corrected chi connectivity index (χ4v) is 1.58. The Balaban J connectivity index is 2.08. The molecule has 0 aliphatic carbocycles. The van der Waals surface area contributed by atoms with Crippen LogP contribution in [0, 0.1) is 0 Å². The molecule has 0 aliphatic heterocycles. The smallest absolute Gasteiger partial charge is 0.318 e. The van der Waals surface area contributed by atoms with Gasteiger partial charge in [-0.15, -0.1) is 0 Å². The third-order valence-electron chi connectivity index (χ3n) is 2.44. The lowest BCUT2D eigenvalue weighted by atomic mass is 10.0. The Bertz CT molecular complexity index is 451. The number of hydrogen-bond acceptors (Lipinski definition) is 1. The van der Waals surface area contributed by atoms with Gasteiger partial charge in [-0.25, -0.2) is 0 Å². The Labute approximate surface area is 98.7 Å². The molecule has 0 radical (unpaired) electrons. The predicted molar refractivity (Wildman–Crippen MR) is 62.7 cm³/mol. The Morgan fingerprint density at radius 1 is 0.824 bits per heavy atom. The van der Waals surface area contributed by atoms with Crippen molar-refractivity contribution in [2.24, 2.45) is 0 Å². The van der Waals surface area contributed by atoms with Gasteiger partial charge in [-0.1, -0.05) is 54.6 Å². The van der Waals surface area contributed by atoms with E-state index >= 15 is 0 Å². The van der Waals surface area contributed by atoms with Gasteiger partial charge in [-0.3, -0.25) is 0 Å². The standard InChI is InChI=1S/C14H12F2O/c15-14(16)17-10-11-6-8-13(9-7-11)12-4-2-1-3-5-12/h1-9,14H,10H2. The van der Waals surface area contributed by atoms with Gasteiger partial charge >= 0.3 is 6.61 Å². The summed E-state index contributed by atoms with van der Waals surface area (Å²) in [6.07, 6.45) is 0. The summed E-state index contributed by atoms with van der Waals surface area (Å²) in [6.45, 7) is -2.78. The maximum Gasteiger partial charge on any atom is 0.345 e. The number of hydrogen-bond donors (Lipinski definition) is 0. The van der Waals surface area contributed by atoms with E-state index in [2.05, 4.69) is 4.74 Å². The molecule has 0 amide bonds. The number of benzene rings is 2. The summed E-state index contributed by atoms with van der Waals surface area (Å²) >= 11 is 0. The van der Waals surface area contributed by atoms with Crippen molar-refractivity contribution in [2.45, 2.75) is 13.2 Å². The SMILES string of the molecule is FC(F)OCc1ccc(-c2ccccc2)cc1. The Morgan fingerprint density at radius 3 is 2.00 bits per heavy atom. The van der Waals surface area contributed by atoms with Crippen molar-refractivity contribution in [3.63, 3.8) is 0 Å². The second-order valence-corrected chi connectivity index (χ2v) is 3.63. The average molecular weight is 234 g/mol. The highest BCUT2D eigenvalue weighted by Crippen LogP contribution is 2.19. The minimum absolute atomic E-state index is 0.0628. The Hall–Kier alpha value is -1.74. The largest absolute Gasteiger partial charge is 0.345 e. The van der Waals surface area contributed by atoms with Crippen molar-refractivity contribution in [3.8, 4) is 11.1 Å².